The number of benzene rings is 1. The van der Waals surface area contributed by atoms with E-state index in [0.29, 0.717) is 11.8 Å². The zero-order chi connectivity index (χ0) is 15.4. The van der Waals surface area contributed by atoms with E-state index in [0.717, 1.165) is 0 Å². The Morgan fingerprint density at radius 1 is 0.750 bits per heavy atom. The summed E-state index contributed by atoms with van der Waals surface area (Å²) >= 11 is 0. The van der Waals surface area contributed by atoms with Gasteiger partial charge in [0.15, 0.2) is 0 Å². The van der Waals surface area contributed by atoms with Gasteiger partial charge in [-0.15, -0.1) is 37.3 Å². The minimum absolute atomic E-state index is 0. The van der Waals surface area contributed by atoms with E-state index in [2.05, 4.69) is 83.2 Å². The fraction of sp³-hybridized carbons (Fsp3) is 0.333. The third kappa shape index (κ3) is 7.26. The summed E-state index contributed by atoms with van der Waals surface area (Å²) in [5.74, 6) is 1.02. The molecule has 2 atom stereocenters. The molecule has 1 aromatic rings. The zero-order valence-corrected chi connectivity index (χ0v) is 19.1. The normalized spacial score (nSPS) is 20.7. The van der Waals surface area contributed by atoms with Crippen molar-refractivity contribution in [2.45, 2.75) is 34.6 Å². The topological polar surface area (TPSA) is 0 Å². The van der Waals surface area contributed by atoms with Gasteiger partial charge in [0.1, 0.15) is 0 Å². The van der Waals surface area contributed by atoms with Crippen molar-refractivity contribution in [2.24, 2.45) is 11.8 Å². The molecule has 0 fully saturated rings. The van der Waals surface area contributed by atoms with Crippen LogP contribution < -0.4 is 0 Å². The molecule has 0 saturated heterocycles. The number of hydrogen-bond acceptors (Lipinski definition) is 0. The monoisotopic (exact) mass is 438 g/mol. The quantitative estimate of drug-likeness (QED) is 0.429. The average molecular weight is 441 g/mol. The van der Waals surface area contributed by atoms with Gasteiger partial charge in [0, 0.05) is 0 Å². The van der Waals surface area contributed by atoms with Crippen molar-refractivity contribution in [3.8, 4) is 0 Å². The standard InChI is InChI=1S/C13H13.C8H11.2ClH.Zr/c1-10-8-11(2)13(9-10)12-6-4-3-5-7-12;1-6-4-7(2)8(3)5-6;;;/h3-7,9-10H,1-2H3;4,6H,1-3H3;2*1H;/q2*-1;;;+2. The van der Waals surface area contributed by atoms with Crippen LogP contribution in [0.15, 0.2) is 59.2 Å². The van der Waals surface area contributed by atoms with Crippen molar-refractivity contribution in [1.29, 1.82) is 0 Å². The molecule has 1 aromatic carbocycles. The largest absolute Gasteiger partial charge is 2.00 e. The molecule has 0 nitrogen and oxygen atoms in total. The van der Waals surface area contributed by atoms with Gasteiger partial charge < -0.3 is 0 Å². The van der Waals surface area contributed by atoms with Crippen LogP contribution >= 0.6 is 24.8 Å². The van der Waals surface area contributed by atoms with Gasteiger partial charge >= 0.3 is 26.2 Å². The molecule has 3 heteroatoms. The van der Waals surface area contributed by atoms with Crippen LogP contribution in [0.4, 0.5) is 0 Å². The maximum absolute atomic E-state index is 3.39. The molecule has 0 bridgehead atoms. The number of rotatable bonds is 1. The van der Waals surface area contributed by atoms with Crippen LogP contribution in [0.3, 0.4) is 0 Å². The Morgan fingerprint density at radius 3 is 1.58 bits per heavy atom. The number of allylic oxidation sites excluding steroid dienone is 8. The van der Waals surface area contributed by atoms with Gasteiger partial charge in [0.2, 0.25) is 0 Å². The molecule has 2 unspecified atom stereocenters. The number of halogens is 2. The van der Waals surface area contributed by atoms with E-state index in [4.69, 9.17) is 0 Å². The molecule has 3 rings (SSSR count). The Hall–Kier alpha value is -0.357. The maximum Gasteiger partial charge on any atom is 2.00 e. The van der Waals surface area contributed by atoms with E-state index in [1.165, 1.54) is 27.9 Å². The smallest absolute Gasteiger partial charge is 0.266 e. The maximum atomic E-state index is 3.39. The van der Waals surface area contributed by atoms with E-state index in [-0.39, 0.29) is 51.0 Å². The van der Waals surface area contributed by atoms with Crippen LogP contribution in [0.25, 0.3) is 5.57 Å². The Balaban J connectivity index is 0. The summed E-state index contributed by atoms with van der Waals surface area (Å²) in [5.41, 5.74) is 6.62. The van der Waals surface area contributed by atoms with E-state index in [1.54, 1.807) is 0 Å². The molecule has 24 heavy (non-hydrogen) atoms. The first-order valence-corrected chi connectivity index (χ1v) is 7.64. The second-order valence-corrected chi connectivity index (χ2v) is 5.91. The summed E-state index contributed by atoms with van der Waals surface area (Å²) in [6.07, 6.45) is 11.2. The molecule has 0 aromatic heterocycles. The first kappa shape index (κ1) is 25.9. The predicted octanol–water partition coefficient (Wildman–Crippen LogP) is 6.64. The van der Waals surface area contributed by atoms with Crippen LogP contribution in [-0.2, 0) is 26.2 Å². The number of hydrogen-bond donors (Lipinski definition) is 0. The Bertz CT molecular complexity index is 606. The molecule has 0 N–H and O–H groups in total. The van der Waals surface area contributed by atoms with E-state index in [9.17, 15) is 0 Å². The van der Waals surface area contributed by atoms with Crippen LogP contribution in [-0.4, -0.2) is 0 Å². The molecule has 2 aliphatic rings. The van der Waals surface area contributed by atoms with Crippen LogP contribution in [0.2, 0.25) is 0 Å². The third-order valence-corrected chi connectivity index (χ3v) is 3.89. The van der Waals surface area contributed by atoms with E-state index >= 15 is 0 Å². The molecule has 0 spiro atoms. The molecule has 128 valence electrons. The van der Waals surface area contributed by atoms with Gasteiger partial charge in [-0.2, -0.15) is 17.7 Å². The Kier molecular flexibility index (Phi) is 13.0. The van der Waals surface area contributed by atoms with Crippen molar-refractivity contribution in [3.05, 3.63) is 76.9 Å². The summed E-state index contributed by atoms with van der Waals surface area (Å²) in [6.45, 7) is 10.7. The summed E-state index contributed by atoms with van der Waals surface area (Å²) in [6, 6.07) is 10.5. The zero-order valence-electron chi connectivity index (χ0n) is 15.0. The fourth-order valence-electron chi connectivity index (χ4n) is 2.76. The Morgan fingerprint density at radius 2 is 1.25 bits per heavy atom. The van der Waals surface area contributed by atoms with Crippen LogP contribution in [0.1, 0.15) is 40.2 Å². The van der Waals surface area contributed by atoms with E-state index in [1.807, 2.05) is 6.07 Å². The summed E-state index contributed by atoms with van der Waals surface area (Å²) in [5, 5.41) is 0. The molecule has 0 amide bonds. The van der Waals surface area contributed by atoms with Gasteiger partial charge in [0.25, 0.3) is 0 Å². The van der Waals surface area contributed by atoms with Crippen molar-refractivity contribution in [3.63, 3.8) is 0 Å². The average Bonchev–Trinajstić information content (AvgIpc) is 2.93. The van der Waals surface area contributed by atoms with Crippen LogP contribution in [0.5, 0.6) is 0 Å². The fourth-order valence-corrected chi connectivity index (χ4v) is 2.76. The van der Waals surface area contributed by atoms with Crippen LogP contribution in [0, 0.1) is 24.0 Å². The van der Waals surface area contributed by atoms with Gasteiger partial charge in [-0.25, -0.2) is 16.7 Å². The first-order valence-electron chi connectivity index (χ1n) is 7.64. The molecule has 0 saturated carbocycles. The van der Waals surface area contributed by atoms with Gasteiger partial charge in [-0.05, 0) is 0 Å². The minimum Gasteiger partial charge on any atom is -0.266 e. The molecular formula is C21H26Cl2Zr. The molecule has 2 aliphatic carbocycles. The molecule has 0 aliphatic heterocycles. The second kappa shape index (κ2) is 12.1. The van der Waals surface area contributed by atoms with Crippen molar-refractivity contribution in [2.75, 3.05) is 0 Å². The minimum atomic E-state index is 0. The molecule has 0 heterocycles. The summed E-state index contributed by atoms with van der Waals surface area (Å²) < 4.78 is 0. The van der Waals surface area contributed by atoms with Gasteiger partial charge in [-0.3, -0.25) is 12.2 Å². The van der Waals surface area contributed by atoms with Crippen molar-refractivity contribution >= 4 is 30.4 Å². The summed E-state index contributed by atoms with van der Waals surface area (Å²) in [7, 11) is 0. The van der Waals surface area contributed by atoms with Gasteiger partial charge in [0.05, 0.1) is 0 Å². The molecular weight excluding hydrogens is 414 g/mol. The summed E-state index contributed by atoms with van der Waals surface area (Å²) in [4.78, 5) is 0. The second-order valence-electron chi connectivity index (χ2n) is 5.91. The first-order chi connectivity index (χ1) is 9.97. The third-order valence-electron chi connectivity index (χ3n) is 3.89. The predicted molar refractivity (Wildman–Crippen MR) is 106 cm³/mol. The molecule has 0 radical (unpaired) electrons. The van der Waals surface area contributed by atoms with Crippen molar-refractivity contribution < 1.29 is 26.2 Å². The Labute approximate surface area is 179 Å². The van der Waals surface area contributed by atoms with E-state index < -0.39 is 0 Å². The van der Waals surface area contributed by atoms with Crippen molar-refractivity contribution in [1.82, 2.24) is 0 Å². The SMILES string of the molecule is CC1=[C-]C(C)C=C1C.CC1=[C-]C(C)C=C1c1ccccc1.Cl.Cl.[Zr+2]. The van der Waals surface area contributed by atoms with Gasteiger partial charge in [-0.1, -0.05) is 69.9 Å².